The van der Waals surface area contributed by atoms with Gasteiger partial charge >= 0.3 is 0 Å². The molecule has 3 nitrogen and oxygen atoms in total. The first-order valence-electron chi connectivity index (χ1n) is 3.04. The Hall–Kier alpha value is -0.190. The van der Waals surface area contributed by atoms with E-state index in [-0.39, 0.29) is 6.04 Å². The first-order valence-corrected chi connectivity index (χ1v) is 3.45. The topological polar surface area (TPSA) is 47.9 Å². The molecule has 1 aliphatic rings. The van der Waals surface area contributed by atoms with Crippen LogP contribution >= 0.6 is 12.2 Å². The van der Waals surface area contributed by atoms with Gasteiger partial charge < -0.3 is 0 Å². The lowest BCUT2D eigenvalue weighted by atomic mass is 10.1. The lowest BCUT2D eigenvalue weighted by molar-refractivity contribution is 0.402. The predicted octanol–water partition coefficient (Wildman–Crippen LogP) is -0.147. The predicted molar refractivity (Wildman–Crippen MR) is 39.9 cm³/mol. The lowest BCUT2D eigenvalue weighted by Crippen LogP contribution is -2.49. The van der Waals surface area contributed by atoms with Crippen molar-refractivity contribution in [2.75, 3.05) is 6.54 Å². The van der Waals surface area contributed by atoms with Crippen molar-refractivity contribution in [1.82, 2.24) is 16.6 Å². The maximum Gasteiger partial charge on any atom is 0.112 e. The Morgan fingerprint density at radius 2 is 2.44 bits per heavy atom. The smallest absolute Gasteiger partial charge is 0.112 e. The molecule has 4 heteroatoms. The molecule has 51 valence electrons. The Kier molecular flexibility index (Phi) is 2.38. The summed E-state index contributed by atoms with van der Waals surface area (Å²) in [4.78, 5) is 0.308. The summed E-state index contributed by atoms with van der Waals surface area (Å²) < 4.78 is 0. The van der Waals surface area contributed by atoms with Crippen molar-refractivity contribution >= 4 is 17.2 Å². The number of thiocarbonyl (C=S) groups is 1. The molecule has 0 amide bonds. The fourth-order valence-corrected chi connectivity index (χ4v) is 1.04. The van der Waals surface area contributed by atoms with Gasteiger partial charge in [0.2, 0.25) is 0 Å². The van der Waals surface area contributed by atoms with Gasteiger partial charge in [0.25, 0.3) is 0 Å². The summed E-state index contributed by atoms with van der Waals surface area (Å²) in [5, 5.41) is 0. The third-order valence-corrected chi connectivity index (χ3v) is 1.67. The molecule has 3 N–H and O–H groups in total. The second kappa shape index (κ2) is 3.10. The Bertz CT molecular complexity index is 109. The van der Waals surface area contributed by atoms with Gasteiger partial charge in [-0.1, -0.05) is 12.2 Å². The normalized spacial score (nSPS) is 27.8. The van der Waals surface area contributed by atoms with Crippen LogP contribution in [0.5, 0.6) is 0 Å². The van der Waals surface area contributed by atoms with E-state index < -0.39 is 0 Å². The number of hydrogen-bond acceptors (Lipinski definition) is 3. The van der Waals surface area contributed by atoms with Crippen molar-refractivity contribution in [2.45, 2.75) is 18.9 Å². The van der Waals surface area contributed by atoms with Crippen LogP contribution in [0.25, 0.3) is 0 Å². The van der Waals surface area contributed by atoms with E-state index in [0.717, 1.165) is 19.4 Å². The molecule has 1 saturated heterocycles. The quantitative estimate of drug-likeness (QED) is 0.503. The molecule has 0 spiro atoms. The summed E-state index contributed by atoms with van der Waals surface area (Å²) in [6.45, 7) is 0.985. The van der Waals surface area contributed by atoms with Crippen LogP contribution in [-0.4, -0.2) is 17.6 Å². The minimum absolute atomic E-state index is 0.0914. The molecular formula is C5H10N3S. The Morgan fingerprint density at radius 1 is 1.67 bits per heavy atom. The molecule has 1 aliphatic heterocycles. The SMILES string of the molecule is [NH]C(=S)C1CCCNN1. The Balaban J connectivity index is 2.31. The molecular weight excluding hydrogens is 134 g/mol. The van der Waals surface area contributed by atoms with Gasteiger partial charge in [0, 0.05) is 6.54 Å². The molecule has 9 heavy (non-hydrogen) atoms. The van der Waals surface area contributed by atoms with E-state index >= 15 is 0 Å². The van der Waals surface area contributed by atoms with Crippen LogP contribution in [0.4, 0.5) is 0 Å². The summed E-state index contributed by atoms with van der Waals surface area (Å²) in [7, 11) is 0. The number of nitrogens with one attached hydrogen (secondary N) is 3. The monoisotopic (exact) mass is 144 g/mol. The number of rotatable bonds is 1. The highest BCUT2D eigenvalue weighted by molar-refractivity contribution is 7.80. The third-order valence-electron chi connectivity index (χ3n) is 1.39. The lowest BCUT2D eigenvalue weighted by Gasteiger charge is -2.22. The summed E-state index contributed by atoms with van der Waals surface area (Å²) in [6.07, 6.45) is 2.10. The second-order valence-electron chi connectivity index (χ2n) is 2.13. The zero-order valence-electron chi connectivity index (χ0n) is 5.11. The van der Waals surface area contributed by atoms with Crippen molar-refractivity contribution < 1.29 is 0 Å². The molecule has 1 rings (SSSR count). The van der Waals surface area contributed by atoms with Gasteiger partial charge in [-0.3, -0.25) is 11.2 Å². The van der Waals surface area contributed by atoms with E-state index in [4.69, 9.17) is 5.73 Å². The first kappa shape index (κ1) is 6.92. The van der Waals surface area contributed by atoms with Crippen LogP contribution < -0.4 is 16.6 Å². The summed E-state index contributed by atoms with van der Waals surface area (Å²) >= 11 is 4.68. The molecule has 0 aliphatic carbocycles. The van der Waals surface area contributed by atoms with E-state index in [1.807, 2.05) is 0 Å². The summed E-state index contributed by atoms with van der Waals surface area (Å²) in [6, 6.07) is 0.0914. The van der Waals surface area contributed by atoms with Gasteiger partial charge in [0.05, 0.1) is 6.04 Å². The second-order valence-corrected chi connectivity index (χ2v) is 2.57. The van der Waals surface area contributed by atoms with Crippen LogP contribution in [0, 0.1) is 0 Å². The van der Waals surface area contributed by atoms with Gasteiger partial charge in [-0.25, -0.2) is 5.43 Å². The molecule has 0 saturated carbocycles. The van der Waals surface area contributed by atoms with Crippen LogP contribution in [0.15, 0.2) is 0 Å². The maximum absolute atomic E-state index is 7.10. The van der Waals surface area contributed by atoms with Crippen molar-refractivity contribution in [3.05, 3.63) is 0 Å². The van der Waals surface area contributed by atoms with Crippen LogP contribution in [0.2, 0.25) is 0 Å². The molecule has 0 bridgehead atoms. The average Bonchev–Trinajstić information content (AvgIpc) is 1.90. The van der Waals surface area contributed by atoms with E-state index in [1.165, 1.54) is 0 Å². The van der Waals surface area contributed by atoms with Crippen LogP contribution in [0.3, 0.4) is 0 Å². The fraction of sp³-hybridized carbons (Fsp3) is 0.800. The van der Waals surface area contributed by atoms with E-state index in [0.29, 0.717) is 4.99 Å². The highest BCUT2D eigenvalue weighted by Gasteiger charge is 2.13. The molecule has 1 heterocycles. The molecule has 0 aromatic heterocycles. The van der Waals surface area contributed by atoms with Gasteiger partial charge in [0.15, 0.2) is 0 Å². The minimum atomic E-state index is 0.0914. The highest BCUT2D eigenvalue weighted by atomic mass is 32.1. The minimum Gasteiger partial charge on any atom is -0.292 e. The average molecular weight is 144 g/mol. The third kappa shape index (κ3) is 1.89. The number of hydrogen-bond donors (Lipinski definition) is 2. The Labute approximate surface area is 60.0 Å². The van der Waals surface area contributed by atoms with Crippen LogP contribution in [-0.2, 0) is 0 Å². The van der Waals surface area contributed by atoms with Gasteiger partial charge in [-0.2, -0.15) is 0 Å². The van der Waals surface area contributed by atoms with Crippen LogP contribution in [0.1, 0.15) is 12.8 Å². The zero-order chi connectivity index (χ0) is 6.69. The van der Waals surface area contributed by atoms with Crippen molar-refractivity contribution in [3.8, 4) is 0 Å². The van der Waals surface area contributed by atoms with E-state index in [2.05, 4.69) is 23.1 Å². The van der Waals surface area contributed by atoms with Crippen molar-refractivity contribution in [3.63, 3.8) is 0 Å². The fourth-order valence-electron chi connectivity index (χ4n) is 0.859. The largest absolute Gasteiger partial charge is 0.292 e. The van der Waals surface area contributed by atoms with E-state index in [1.54, 1.807) is 0 Å². The standard InChI is InChI=1S/C5H10N3S/c6-5(9)4-2-1-3-7-8-4/h4,6-8H,1-3H2. The number of hydrazine groups is 1. The molecule has 1 fully saturated rings. The summed E-state index contributed by atoms with van der Waals surface area (Å²) in [5.74, 6) is 0. The molecule has 1 atom stereocenters. The maximum atomic E-state index is 7.10. The van der Waals surface area contributed by atoms with E-state index in [9.17, 15) is 0 Å². The first-order chi connectivity index (χ1) is 4.30. The highest BCUT2D eigenvalue weighted by Crippen LogP contribution is 2.00. The van der Waals surface area contributed by atoms with Crippen molar-refractivity contribution in [1.29, 1.82) is 0 Å². The molecule has 1 radical (unpaired) electrons. The van der Waals surface area contributed by atoms with Gasteiger partial charge in [-0.05, 0) is 12.8 Å². The van der Waals surface area contributed by atoms with Gasteiger partial charge in [0.1, 0.15) is 4.99 Å². The van der Waals surface area contributed by atoms with Gasteiger partial charge in [-0.15, -0.1) is 0 Å². The zero-order valence-corrected chi connectivity index (χ0v) is 5.92. The van der Waals surface area contributed by atoms with Crippen molar-refractivity contribution in [2.24, 2.45) is 0 Å². The Morgan fingerprint density at radius 3 is 2.78 bits per heavy atom. The molecule has 0 aromatic carbocycles. The molecule has 1 unspecified atom stereocenters. The summed E-state index contributed by atoms with van der Waals surface area (Å²) in [5.41, 5.74) is 13.0. The molecule has 0 aromatic rings.